The molecule has 1 aromatic rings. The van der Waals surface area contributed by atoms with E-state index in [4.69, 9.17) is 5.73 Å². The summed E-state index contributed by atoms with van der Waals surface area (Å²) < 4.78 is 14.6. The van der Waals surface area contributed by atoms with Gasteiger partial charge in [-0.25, -0.2) is 4.39 Å². The van der Waals surface area contributed by atoms with Gasteiger partial charge in [-0.1, -0.05) is 20.4 Å². The van der Waals surface area contributed by atoms with Gasteiger partial charge in [-0.15, -0.1) is 0 Å². The molecule has 0 aromatic heterocycles. The lowest BCUT2D eigenvalue weighted by Crippen LogP contribution is -2.50. The molecule has 144 valence electrons. The number of rotatable bonds is 3. The molecule has 7 heteroatoms. The van der Waals surface area contributed by atoms with E-state index in [1.54, 1.807) is 17.0 Å². The Bertz CT molecular complexity index is 643. The fraction of sp³-hybridized carbons (Fsp3) is 0.526. The Kier molecular flexibility index (Phi) is 6.85. The van der Waals surface area contributed by atoms with E-state index in [2.05, 4.69) is 18.8 Å². The highest BCUT2D eigenvalue weighted by Gasteiger charge is 2.25. The van der Waals surface area contributed by atoms with Crippen LogP contribution < -0.4 is 20.9 Å². The molecule has 2 saturated heterocycles. The van der Waals surface area contributed by atoms with Gasteiger partial charge >= 0.3 is 0 Å². The van der Waals surface area contributed by atoms with Gasteiger partial charge in [0, 0.05) is 44.5 Å². The normalized spacial score (nSPS) is 19.8. The first-order chi connectivity index (χ1) is 12.5. The Balaban J connectivity index is 0.00000117. The average molecular weight is 363 g/mol. The maximum absolute atomic E-state index is 14.6. The van der Waals surface area contributed by atoms with Crippen LogP contribution in [0.2, 0.25) is 0 Å². The van der Waals surface area contributed by atoms with Crippen molar-refractivity contribution in [3.63, 3.8) is 0 Å². The van der Waals surface area contributed by atoms with E-state index in [9.17, 15) is 9.18 Å². The fourth-order valence-electron chi connectivity index (χ4n) is 3.30. The number of benzene rings is 1. The van der Waals surface area contributed by atoms with Crippen LogP contribution in [0, 0.1) is 5.82 Å². The van der Waals surface area contributed by atoms with Gasteiger partial charge in [-0.3, -0.25) is 4.79 Å². The highest BCUT2D eigenvalue weighted by molar-refractivity contribution is 5.78. The van der Waals surface area contributed by atoms with E-state index in [1.807, 2.05) is 29.7 Å². The quantitative estimate of drug-likeness (QED) is 0.856. The second kappa shape index (κ2) is 8.89. The van der Waals surface area contributed by atoms with Crippen LogP contribution in [0.15, 0.2) is 30.6 Å². The third-order valence-electron chi connectivity index (χ3n) is 4.59. The highest BCUT2D eigenvalue weighted by Crippen LogP contribution is 2.28. The summed E-state index contributed by atoms with van der Waals surface area (Å²) in [6.45, 7) is 13.2. The predicted molar refractivity (Wildman–Crippen MR) is 105 cm³/mol. The summed E-state index contributed by atoms with van der Waals surface area (Å²) in [4.78, 5) is 17.3. The molecule has 3 N–H and O–H groups in total. The third kappa shape index (κ3) is 4.27. The predicted octanol–water partition coefficient (Wildman–Crippen LogP) is 1.73. The number of hydrogen-bond acceptors (Lipinski definition) is 5. The summed E-state index contributed by atoms with van der Waals surface area (Å²) in [6, 6.07) is 5.58. The number of nitrogens with zero attached hydrogens (tertiary/aromatic N) is 3. The van der Waals surface area contributed by atoms with Gasteiger partial charge in [0.1, 0.15) is 5.82 Å². The molecule has 0 spiro atoms. The van der Waals surface area contributed by atoms with E-state index in [0.717, 1.165) is 18.1 Å². The van der Waals surface area contributed by atoms with Gasteiger partial charge in [-0.05, 0) is 25.1 Å². The Morgan fingerprint density at radius 1 is 1.31 bits per heavy atom. The zero-order valence-corrected chi connectivity index (χ0v) is 16.0. The summed E-state index contributed by atoms with van der Waals surface area (Å²) in [5.74, 6) is 0.488. The SMILES string of the molecule is C=C1NC(C)CN1c1ccc(N2CCN(C(=O)CN)CC2)c(F)c1.CC. The first kappa shape index (κ1) is 20.0. The number of carbonyl (C=O) groups is 1. The number of anilines is 2. The van der Waals surface area contributed by atoms with Gasteiger partial charge in [0.25, 0.3) is 0 Å². The molecule has 0 bridgehead atoms. The van der Waals surface area contributed by atoms with Crippen molar-refractivity contribution in [1.82, 2.24) is 10.2 Å². The Hall–Kier alpha value is -2.28. The zero-order valence-electron chi connectivity index (χ0n) is 16.0. The minimum Gasteiger partial charge on any atom is -0.368 e. The van der Waals surface area contributed by atoms with Crippen molar-refractivity contribution in [3.8, 4) is 0 Å². The number of hydrogen-bond donors (Lipinski definition) is 2. The third-order valence-corrected chi connectivity index (χ3v) is 4.59. The van der Waals surface area contributed by atoms with Crippen LogP contribution >= 0.6 is 0 Å². The summed E-state index contributed by atoms with van der Waals surface area (Å²) in [6.07, 6.45) is 0. The van der Waals surface area contributed by atoms with Crippen LogP contribution in [0.5, 0.6) is 0 Å². The van der Waals surface area contributed by atoms with Gasteiger partial charge in [-0.2, -0.15) is 0 Å². The topological polar surface area (TPSA) is 64.8 Å². The van der Waals surface area contributed by atoms with E-state index in [0.29, 0.717) is 37.9 Å². The molecule has 0 saturated carbocycles. The maximum Gasteiger partial charge on any atom is 0.236 e. The molecule has 0 aliphatic carbocycles. The number of nitrogens with two attached hydrogens (primary N) is 1. The molecule has 2 aliphatic heterocycles. The van der Waals surface area contributed by atoms with E-state index in [-0.39, 0.29) is 18.3 Å². The molecule has 1 atom stereocenters. The van der Waals surface area contributed by atoms with Gasteiger partial charge in [0.05, 0.1) is 18.1 Å². The van der Waals surface area contributed by atoms with Gasteiger partial charge in [0.2, 0.25) is 5.91 Å². The van der Waals surface area contributed by atoms with E-state index < -0.39 is 0 Å². The summed E-state index contributed by atoms with van der Waals surface area (Å²) in [7, 11) is 0. The van der Waals surface area contributed by atoms with Gasteiger partial charge < -0.3 is 25.8 Å². The lowest BCUT2D eigenvalue weighted by molar-refractivity contribution is -0.129. The van der Waals surface area contributed by atoms with E-state index >= 15 is 0 Å². The summed E-state index contributed by atoms with van der Waals surface area (Å²) >= 11 is 0. The minimum absolute atomic E-state index is 0.0231. The van der Waals surface area contributed by atoms with Crippen molar-refractivity contribution in [2.24, 2.45) is 5.73 Å². The summed E-state index contributed by atoms with van der Waals surface area (Å²) in [5.41, 5.74) is 6.76. The van der Waals surface area contributed by atoms with Crippen molar-refractivity contribution in [2.75, 3.05) is 49.1 Å². The van der Waals surface area contributed by atoms with Crippen LogP contribution in [0.3, 0.4) is 0 Å². The first-order valence-electron chi connectivity index (χ1n) is 9.25. The number of piperazine rings is 1. The molecule has 2 fully saturated rings. The Morgan fingerprint density at radius 3 is 2.46 bits per heavy atom. The van der Waals surface area contributed by atoms with Crippen molar-refractivity contribution in [3.05, 3.63) is 36.4 Å². The molecule has 0 radical (unpaired) electrons. The summed E-state index contributed by atoms with van der Waals surface area (Å²) in [5, 5.41) is 3.23. The molecule has 1 amide bonds. The molecule has 2 aliphatic rings. The Labute approximate surface area is 155 Å². The van der Waals surface area contributed by atoms with Crippen molar-refractivity contribution < 1.29 is 9.18 Å². The van der Waals surface area contributed by atoms with Crippen LogP contribution in [0.4, 0.5) is 15.8 Å². The molecular weight excluding hydrogens is 333 g/mol. The molecular formula is C19H30FN5O. The largest absolute Gasteiger partial charge is 0.368 e. The van der Waals surface area contributed by atoms with Crippen LogP contribution in [-0.2, 0) is 4.79 Å². The number of carbonyl (C=O) groups excluding carboxylic acids is 1. The van der Waals surface area contributed by atoms with E-state index in [1.165, 1.54) is 0 Å². The van der Waals surface area contributed by atoms with Crippen molar-refractivity contribution in [1.29, 1.82) is 0 Å². The standard InChI is InChI=1S/C17H24FN5O.C2H6/c1-12-11-23(13(2)20-12)14-3-4-16(15(18)9-14)21-5-7-22(8-6-21)17(24)10-19;1-2/h3-4,9,12,20H,2,5-8,10-11,19H2,1H3;1-2H3. The molecule has 1 unspecified atom stereocenters. The molecule has 26 heavy (non-hydrogen) atoms. The number of halogens is 1. The Morgan fingerprint density at radius 2 is 1.96 bits per heavy atom. The fourth-order valence-corrected chi connectivity index (χ4v) is 3.30. The second-order valence-corrected chi connectivity index (χ2v) is 6.31. The number of nitrogens with one attached hydrogen (secondary N) is 1. The van der Waals surface area contributed by atoms with Gasteiger partial charge in [0.15, 0.2) is 0 Å². The highest BCUT2D eigenvalue weighted by atomic mass is 19.1. The molecule has 3 rings (SSSR count). The van der Waals surface area contributed by atoms with Crippen LogP contribution in [0.25, 0.3) is 0 Å². The minimum atomic E-state index is -0.251. The lowest BCUT2D eigenvalue weighted by atomic mass is 10.2. The maximum atomic E-state index is 14.6. The molecule has 1 aromatic carbocycles. The molecule has 6 nitrogen and oxygen atoms in total. The van der Waals surface area contributed by atoms with Crippen LogP contribution in [-0.4, -0.2) is 56.1 Å². The van der Waals surface area contributed by atoms with Crippen molar-refractivity contribution >= 4 is 17.3 Å². The zero-order chi connectivity index (χ0) is 19.3. The first-order valence-corrected chi connectivity index (χ1v) is 9.25. The van der Waals surface area contributed by atoms with Crippen LogP contribution in [0.1, 0.15) is 20.8 Å². The second-order valence-electron chi connectivity index (χ2n) is 6.31. The smallest absolute Gasteiger partial charge is 0.236 e. The number of amides is 1. The molecule has 2 heterocycles. The van der Waals surface area contributed by atoms with Crippen molar-refractivity contribution in [2.45, 2.75) is 26.8 Å². The monoisotopic (exact) mass is 363 g/mol. The lowest BCUT2D eigenvalue weighted by Gasteiger charge is -2.36. The average Bonchev–Trinajstić information content (AvgIpc) is 3.01.